The van der Waals surface area contributed by atoms with Crippen LogP contribution in [0.1, 0.15) is 26.7 Å². The van der Waals surface area contributed by atoms with Crippen molar-refractivity contribution < 1.29 is 27.7 Å². The van der Waals surface area contributed by atoms with E-state index in [1.165, 1.54) is 0 Å². The van der Waals surface area contributed by atoms with Gasteiger partial charge in [-0.1, -0.05) is 24.3 Å². The van der Waals surface area contributed by atoms with Gasteiger partial charge in [-0.3, -0.25) is 0 Å². The highest BCUT2D eigenvalue weighted by Gasteiger charge is 2.47. The molecule has 2 fully saturated rings. The Bertz CT molecular complexity index is 745. The summed E-state index contributed by atoms with van der Waals surface area (Å²) in [5.74, 6) is -1.33. The van der Waals surface area contributed by atoms with Gasteiger partial charge in [0.05, 0.1) is 41.7 Å². The van der Waals surface area contributed by atoms with Crippen molar-refractivity contribution in [1.82, 2.24) is 0 Å². The van der Waals surface area contributed by atoms with Crippen molar-refractivity contribution in [3.05, 3.63) is 43.0 Å². The number of ether oxygens (including phenoxy) is 3. The molecule has 0 radical (unpaired) electrons. The average Bonchev–Trinajstić information content (AvgIpc) is 3.10. The van der Waals surface area contributed by atoms with Gasteiger partial charge < -0.3 is 19.3 Å². The Kier molecular flexibility index (Phi) is 6.08. The maximum Gasteiger partial charge on any atom is 0.178 e. The lowest BCUT2D eigenvalue weighted by Crippen LogP contribution is -2.35. The van der Waals surface area contributed by atoms with E-state index in [0.29, 0.717) is 19.4 Å². The third-order valence-electron chi connectivity index (χ3n) is 5.12. The van der Waals surface area contributed by atoms with Crippen LogP contribution in [0.4, 0.5) is 0 Å². The monoisotopic (exact) mass is 396 g/mol. The van der Waals surface area contributed by atoms with E-state index in [0.717, 1.165) is 0 Å². The second kappa shape index (κ2) is 8.01. The van der Waals surface area contributed by atoms with Crippen molar-refractivity contribution in [2.45, 2.75) is 61.8 Å². The molecule has 0 aliphatic carbocycles. The van der Waals surface area contributed by atoms with Crippen LogP contribution in [0.15, 0.2) is 47.9 Å². The molecule has 27 heavy (non-hydrogen) atoms. The van der Waals surface area contributed by atoms with Crippen LogP contribution in [0.2, 0.25) is 0 Å². The minimum absolute atomic E-state index is 0.166. The van der Waals surface area contributed by atoms with Crippen LogP contribution in [-0.4, -0.2) is 56.1 Å². The van der Waals surface area contributed by atoms with Crippen molar-refractivity contribution in [3.8, 4) is 0 Å². The van der Waals surface area contributed by atoms with Crippen molar-refractivity contribution in [2.24, 2.45) is 5.92 Å². The van der Waals surface area contributed by atoms with Crippen LogP contribution in [0.5, 0.6) is 0 Å². The van der Waals surface area contributed by atoms with Gasteiger partial charge in [-0.2, -0.15) is 0 Å². The van der Waals surface area contributed by atoms with E-state index in [9.17, 15) is 13.5 Å². The molecule has 1 aromatic carbocycles. The van der Waals surface area contributed by atoms with Gasteiger partial charge >= 0.3 is 0 Å². The first-order valence-electron chi connectivity index (χ1n) is 9.26. The molecule has 2 unspecified atom stereocenters. The molecular weight excluding hydrogens is 368 g/mol. The summed E-state index contributed by atoms with van der Waals surface area (Å²) < 4.78 is 43.0. The number of aliphatic hydroxyl groups is 1. The smallest absolute Gasteiger partial charge is 0.178 e. The molecule has 5 atom stereocenters. The SMILES string of the molecule is C=CC[C@@H]1O[C@H](C[C@H]2COC(C)(C)O2)C(O)C1CS(=O)(=O)c1ccccc1. The van der Waals surface area contributed by atoms with Gasteiger partial charge in [-0.25, -0.2) is 8.42 Å². The standard InChI is InChI=1S/C20H28O6S/c1-4-8-17-16(13-27(22,23)15-9-6-5-7-10-15)19(21)18(25-17)11-14-12-24-20(2,3)26-14/h4-7,9-10,14,16-19,21H,1,8,11-13H2,2-3H3/t14-,16?,17-,18+,19?/m0/s1. The van der Waals surface area contributed by atoms with Crippen LogP contribution in [0, 0.1) is 5.92 Å². The number of aliphatic hydroxyl groups excluding tert-OH is 1. The highest BCUT2D eigenvalue weighted by molar-refractivity contribution is 7.91. The number of hydrogen-bond acceptors (Lipinski definition) is 6. The Morgan fingerprint density at radius 1 is 1.26 bits per heavy atom. The van der Waals surface area contributed by atoms with Crippen LogP contribution in [0.3, 0.4) is 0 Å². The summed E-state index contributed by atoms with van der Waals surface area (Å²) in [6.45, 7) is 7.84. The predicted molar refractivity (Wildman–Crippen MR) is 101 cm³/mol. The second-order valence-electron chi connectivity index (χ2n) is 7.67. The molecule has 6 nitrogen and oxygen atoms in total. The Hall–Kier alpha value is -1.25. The first kappa shape index (κ1) is 20.5. The van der Waals surface area contributed by atoms with E-state index in [1.807, 2.05) is 13.8 Å². The molecule has 2 heterocycles. The van der Waals surface area contributed by atoms with Gasteiger partial charge in [-0.05, 0) is 32.4 Å². The minimum atomic E-state index is -3.53. The lowest BCUT2D eigenvalue weighted by molar-refractivity contribution is -0.143. The summed E-state index contributed by atoms with van der Waals surface area (Å²) in [5, 5.41) is 10.8. The predicted octanol–water partition coefficient (Wildman–Crippen LogP) is 2.32. The van der Waals surface area contributed by atoms with E-state index < -0.39 is 39.9 Å². The second-order valence-corrected chi connectivity index (χ2v) is 9.71. The first-order valence-corrected chi connectivity index (χ1v) is 10.9. The zero-order valence-electron chi connectivity index (χ0n) is 15.8. The Balaban J connectivity index is 1.72. The normalized spacial score (nSPS) is 33.2. The number of rotatable bonds is 7. The van der Waals surface area contributed by atoms with E-state index in [1.54, 1.807) is 36.4 Å². The van der Waals surface area contributed by atoms with Gasteiger partial charge in [0.25, 0.3) is 0 Å². The largest absolute Gasteiger partial charge is 0.390 e. The van der Waals surface area contributed by atoms with E-state index in [-0.39, 0.29) is 16.8 Å². The number of benzene rings is 1. The van der Waals surface area contributed by atoms with Gasteiger partial charge in [0.1, 0.15) is 0 Å². The zero-order valence-corrected chi connectivity index (χ0v) is 16.6. The molecule has 0 spiro atoms. The highest BCUT2D eigenvalue weighted by Crippen LogP contribution is 2.36. The Labute approximate surface area is 161 Å². The summed E-state index contributed by atoms with van der Waals surface area (Å²) in [6.07, 6.45) is 0.676. The molecule has 0 saturated carbocycles. The molecular formula is C20H28O6S. The van der Waals surface area contributed by atoms with Crippen molar-refractivity contribution in [1.29, 1.82) is 0 Å². The van der Waals surface area contributed by atoms with Crippen LogP contribution in [0.25, 0.3) is 0 Å². The van der Waals surface area contributed by atoms with Crippen LogP contribution < -0.4 is 0 Å². The number of hydrogen-bond donors (Lipinski definition) is 1. The molecule has 2 saturated heterocycles. The minimum Gasteiger partial charge on any atom is -0.390 e. The summed E-state index contributed by atoms with van der Waals surface area (Å²) in [5.41, 5.74) is 0. The molecule has 0 aromatic heterocycles. The maximum absolute atomic E-state index is 12.8. The molecule has 150 valence electrons. The average molecular weight is 397 g/mol. The van der Waals surface area contributed by atoms with E-state index >= 15 is 0 Å². The van der Waals surface area contributed by atoms with Gasteiger partial charge in [0, 0.05) is 12.3 Å². The first-order chi connectivity index (χ1) is 12.7. The lowest BCUT2D eigenvalue weighted by atomic mass is 9.94. The van der Waals surface area contributed by atoms with Gasteiger partial charge in [0.15, 0.2) is 15.6 Å². The van der Waals surface area contributed by atoms with Crippen molar-refractivity contribution in [3.63, 3.8) is 0 Å². The van der Waals surface area contributed by atoms with Gasteiger partial charge in [-0.15, -0.1) is 6.58 Å². The molecule has 2 aliphatic heterocycles. The molecule has 3 rings (SSSR count). The van der Waals surface area contributed by atoms with Crippen LogP contribution >= 0.6 is 0 Å². The summed E-state index contributed by atoms with van der Waals surface area (Å²) >= 11 is 0. The molecule has 0 bridgehead atoms. The maximum atomic E-state index is 12.8. The fraction of sp³-hybridized carbons (Fsp3) is 0.600. The molecule has 0 amide bonds. The Morgan fingerprint density at radius 2 is 1.96 bits per heavy atom. The Morgan fingerprint density at radius 3 is 2.56 bits per heavy atom. The topological polar surface area (TPSA) is 82.1 Å². The lowest BCUT2D eigenvalue weighted by Gasteiger charge is -2.21. The van der Waals surface area contributed by atoms with Crippen LogP contribution in [-0.2, 0) is 24.0 Å². The van der Waals surface area contributed by atoms with Gasteiger partial charge in [0.2, 0.25) is 0 Å². The third-order valence-corrected chi connectivity index (χ3v) is 6.94. The van der Waals surface area contributed by atoms with Crippen molar-refractivity contribution >= 4 is 9.84 Å². The summed E-state index contributed by atoms with van der Waals surface area (Å²) in [4.78, 5) is 0.257. The molecule has 2 aliphatic rings. The third kappa shape index (κ3) is 4.78. The fourth-order valence-corrected chi connectivity index (χ4v) is 5.50. The highest BCUT2D eigenvalue weighted by atomic mass is 32.2. The quantitative estimate of drug-likeness (QED) is 0.713. The van der Waals surface area contributed by atoms with Crippen molar-refractivity contribution in [2.75, 3.05) is 12.4 Å². The summed E-state index contributed by atoms with van der Waals surface area (Å²) in [7, 11) is -3.53. The molecule has 1 N–H and O–H groups in total. The molecule has 1 aromatic rings. The van der Waals surface area contributed by atoms with E-state index in [4.69, 9.17) is 14.2 Å². The molecule has 7 heteroatoms. The number of sulfone groups is 1. The fourth-order valence-electron chi connectivity index (χ4n) is 3.81. The zero-order chi connectivity index (χ0) is 19.7. The summed E-state index contributed by atoms with van der Waals surface area (Å²) in [6, 6.07) is 8.30. The van der Waals surface area contributed by atoms with E-state index in [2.05, 4.69) is 6.58 Å².